The number of benzene rings is 1. The van der Waals surface area contributed by atoms with Crippen molar-refractivity contribution in [2.24, 2.45) is 5.92 Å². The van der Waals surface area contributed by atoms with Gasteiger partial charge in [0.05, 0.1) is 7.11 Å². The molecule has 1 aromatic carbocycles. The first-order chi connectivity index (χ1) is 9.72. The van der Waals surface area contributed by atoms with Crippen molar-refractivity contribution >= 4 is 0 Å². The molecule has 0 amide bonds. The Balaban J connectivity index is 1.81. The Labute approximate surface area is 123 Å². The predicted octanol–water partition coefficient (Wildman–Crippen LogP) is 4.70. The van der Waals surface area contributed by atoms with Crippen molar-refractivity contribution in [1.29, 1.82) is 0 Å². The first kappa shape index (κ1) is 15.4. The highest BCUT2D eigenvalue weighted by atomic mass is 16.5. The monoisotopic (exact) mass is 275 g/mol. The molecule has 0 heterocycles. The topological polar surface area (TPSA) is 21.3 Å². The molecule has 1 N–H and O–H groups in total. The van der Waals surface area contributed by atoms with Gasteiger partial charge in [0, 0.05) is 12.1 Å². The van der Waals surface area contributed by atoms with Crippen LogP contribution in [0.25, 0.3) is 0 Å². The molecular formula is C18H29NO. The van der Waals surface area contributed by atoms with E-state index in [1.807, 2.05) is 12.1 Å². The van der Waals surface area contributed by atoms with Gasteiger partial charge in [-0.3, -0.25) is 0 Å². The van der Waals surface area contributed by atoms with Gasteiger partial charge in [-0.15, -0.1) is 0 Å². The first-order valence-electron chi connectivity index (χ1n) is 8.13. The smallest absolute Gasteiger partial charge is 0.118 e. The van der Waals surface area contributed by atoms with Crippen molar-refractivity contribution in [2.75, 3.05) is 7.11 Å². The molecule has 20 heavy (non-hydrogen) atoms. The van der Waals surface area contributed by atoms with Crippen molar-refractivity contribution in [3.63, 3.8) is 0 Å². The van der Waals surface area contributed by atoms with Crippen molar-refractivity contribution in [2.45, 2.75) is 64.5 Å². The van der Waals surface area contributed by atoms with Gasteiger partial charge in [0.2, 0.25) is 0 Å². The molecule has 0 spiro atoms. The maximum absolute atomic E-state index is 5.21. The first-order valence-corrected chi connectivity index (χ1v) is 8.13. The van der Waals surface area contributed by atoms with Gasteiger partial charge in [-0.25, -0.2) is 0 Å². The van der Waals surface area contributed by atoms with Gasteiger partial charge in [0.25, 0.3) is 0 Å². The fraction of sp³-hybridized carbons (Fsp3) is 0.667. The lowest BCUT2D eigenvalue weighted by Gasteiger charge is -2.31. The fourth-order valence-electron chi connectivity index (χ4n) is 3.37. The van der Waals surface area contributed by atoms with E-state index in [9.17, 15) is 0 Å². The number of nitrogens with one attached hydrogen (secondary N) is 1. The summed E-state index contributed by atoms with van der Waals surface area (Å²) in [7, 11) is 1.71. The summed E-state index contributed by atoms with van der Waals surface area (Å²) in [4.78, 5) is 0. The Bertz CT molecular complexity index is 379. The standard InChI is InChI=1S/C18H29NO/c1-4-5-15-6-10-17(11-7-15)19-14(2)16-8-12-18(20-3)13-9-16/h8-9,12-15,17,19H,4-7,10-11H2,1-3H3/t14-,15?,17?/m1/s1. The van der Waals surface area contributed by atoms with Crippen LogP contribution in [-0.2, 0) is 0 Å². The second-order valence-corrected chi connectivity index (χ2v) is 6.17. The van der Waals surface area contributed by atoms with E-state index in [-0.39, 0.29) is 0 Å². The zero-order chi connectivity index (χ0) is 14.4. The molecule has 1 aliphatic rings. The van der Waals surface area contributed by atoms with E-state index in [2.05, 4.69) is 31.3 Å². The molecule has 0 aliphatic heterocycles. The van der Waals surface area contributed by atoms with Gasteiger partial charge in [0.1, 0.15) is 5.75 Å². The molecule has 2 nitrogen and oxygen atoms in total. The van der Waals surface area contributed by atoms with Crippen LogP contribution in [0.3, 0.4) is 0 Å². The highest BCUT2D eigenvalue weighted by molar-refractivity contribution is 5.28. The van der Waals surface area contributed by atoms with E-state index in [1.54, 1.807) is 7.11 Å². The number of rotatable bonds is 6. The van der Waals surface area contributed by atoms with Crippen molar-refractivity contribution < 1.29 is 4.74 Å². The maximum Gasteiger partial charge on any atom is 0.118 e. The lowest BCUT2D eigenvalue weighted by atomic mass is 9.83. The Morgan fingerprint density at radius 3 is 2.35 bits per heavy atom. The second-order valence-electron chi connectivity index (χ2n) is 6.17. The zero-order valence-electron chi connectivity index (χ0n) is 13.2. The van der Waals surface area contributed by atoms with E-state index in [0.29, 0.717) is 12.1 Å². The highest BCUT2D eigenvalue weighted by Crippen LogP contribution is 2.29. The molecule has 0 bridgehead atoms. The largest absolute Gasteiger partial charge is 0.497 e. The van der Waals surface area contributed by atoms with Crippen LogP contribution in [0.2, 0.25) is 0 Å². The van der Waals surface area contributed by atoms with E-state index < -0.39 is 0 Å². The fourth-order valence-corrected chi connectivity index (χ4v) is 3.37. The van der Waals surface area contributed by atoms with Crippen LogP contribution in [0, 0.1) is 5.92 Å². The van der Waals surface area contributed by atoms with Crippen LogP contribution in [-0.4, -0.2) is 13.2 Å². The van der Waals surface area contributed by atoms with Crippen molar-refractivity contribution in [3.8, 4) is 5.75 Å². The molecule has 0 radical (unpaired) electrons. The van der Waals surface area contributed by atoms with Gasteiger partial charge >= 0.3 is 0 Å². The lowest BCUT2D eigenvalue weighted by Crippen LogP contribution is -2.35. The summed E-state index contributed by atoms with van der Waals surface area (Å²) in [5.41, 5.74) is 1.35. The SMILES string of the molecule is CCCC1CCC(N[C@H](C)c2ccc(OC)cc2)CC1. The Morgan fingerprint density at radius 1 is 1.15 bits per heavy atom. The van der Waals surface area contributed by atoms with Gasteiger partial charge in [0.15, 0.2) is 0 Å². The van der Waals surface area contributed by atoms with E-state index in [1.165, 1.54) is 44.1 Å². The quantitative estimate of drug-likeness (QED) is 0.812. The minimum absolute atomic E-state index is 0.425. The Kier molecular flexibility index (Phi) is 5.90. The molecule has 2 rings (SSSR count). The van der Waals surface area contributed by atoms with Gasteiger partial charge in [-0.05, 0) is 56.2 Å². The summed E-state index contributed by atoms with van der Waals surface area (Å²) < 4.78 is 5.21. The average Bonchev–Trinajstić information content (AvgIpc) is 2.49. The molecule has 1 aromatic rings. The number of ether oxygens (including phenoxy) is 1. The predicted molar refractivity (Wildman–Crippen MR) is 85.2 cm³/mol. The van der Waals surface area contributed by atoms with Gasteiger partial charge < -0.3 is 10.1 Å². The summed E-state index contributed by atoms with van der Waals surface area (Å²) in [5, 5.41) is 3.79. The van der Waals surface area contributed by atoms with Crippen LogP contribution in [0.15, 0.2) is 24.3 Å². The molecular weight excluding hydrogens is 246 g/mol. The zero-order valence-corrected chi connectivity index (χ0v) is 13.2. The number of hydrogen-bond donors (Lipinski definition) is 1. The maximum atomic E-state index is 5.21. The van der Waals surface area contributed by atoms with Crippen molar-refractivity contribution in [3.05, 3.63) is 29.8 Å². The molecule has 1 saturated carbocycles. The van der Waals surface area contributed by atoms with Crippen LogP contribution < -0.4 is 10.1 Å². The lowest BCUT2D eigenvalue weighted by molar-refractivity contribution is 0.266. The third kappa shape index (κ3) is 4.24. The molecule has 2 heteroatoms. The second kappa shape index (κ2) is 7.68. The highest BCUT2D eigenvalue weighted by Gasteiger charge is 2.21. The molecule has 1 fully saturated rings. The van der Waals surface area contributed by atoms with Crippen molar-refractivity contribution in [1.82, 2.24) is 5.32 Å². The summed E-state index contributed by atoms with van der Waals surface area (Å²) in [6.45, 7) is 4.57. The Hall–Kier alpha value is -1.02. The average molecular weight is 275 g/mol. The third-order valence-electron chi connectivity index (χ3n) is 4.65. The van der Waals surface area contributed by atoms with Crippen LogP contribution >= 0.6 is 0 Å². The summed E-state index contributed by atoms with van der Waals surface area (Å²) in [5.74, 6) is 1.91. The van der Waals surface area contributed by atoms with Crippen LogP contribution in [0.5, 0.6) is 5.75 Å². The number of hydrogen-bond acceptors (Lipinski definition) is 2. The van der Waals surface area contributed by atoms with E-state index in [0.717, 1.165) is 11.7 Å². The molecule has 112 valence electrons. The van der Waals surface area contributed by atoms with Gasteiger partial charge in [-0.1, -0.05) is 31.9 Å². The molecule has 1 atom stereocenters. The molecule has 1 aliphatic carbocycles. The minimum atomic E-state index is 0.425. The van der Waals surface area contributed by atoms with Gasteiger partial charge in [-0.2, -0.15) is 0 Å². The van der Waals surface area contributed by atoms with E-state index >= 15 is 0 Å². The summed E-state index contributed by atoms with van der Waals surface area (Å²) in [6.07, 6.45) is 8.24. The summed E-state index contributed by atoms with van der Waals surface area (Å²) >= 11 is 0. The van der Waals surface area contributed by atoms with Crippen LogP contribution in [0.1, 0.15) is 64.0 Å². The molecule has 0 saturated heterocycles. The normalized spacial score (nSPS) is 24.4. The molecule has 0 unspecified atom stereocenters. The third-order valence-corrected chi connectivity index (χ3v) is 4.65. The number of methoxy groups -OCH3 is 1. The Morgan fingerprint density at radius 2 is 1.80 bits per heavy atom. The van der Waals surface area contributed by atoms with E-state index in [4.69, 9.17) is 4.74 Å². The minimum Gasteiger partial charge on any atom is -0.497 e. The van der Waals surface area contributed by atoms with Crippen LogP contribution in [0.4, 0.5) is 0 Å². The summed E-state index contributed by atoms with van der Waals surface area (Å²) in [6, 6.07) is 9.55. The molecule has 0 aromatic heterocycles.